The van der Waals surface area contributed by atoms with Gasteiger partial charge in [-0.2, -0.15) is 21.6 Å². The van der Waals surface area contributed by atoms with E-state index in [9.17, 15) is 26.4 Å². The normalized spacial score (nSPS) is 12.5. The first-order valence-corrected chi connectivity index (χ1v) is 9.50. The molecule has 0 N–H and O–H groups in total. The molecule has 0 aliphatic heterocycles. The Kier molecular flexibility index (Phi) is 4.72. The number of halogens is 5. The van der Waals surface area contributed by atoms with Gasteiger partial charge in [0.1, 0.15) is 20.6 Å². The molecule has 3 rings (SSSR count). The first kappa shape index (κ1) is 19.0. The lowest BCUT2D eigenvalue weighted by molar-refractivity contribution is -0.136. The monoisotopic (exact) mass is 444 g/mol. The van der Waals surface area contributed by atoms with Crippen molar-refractivity contribution in [2.75, 3.05) is 0 Å². The zero-order valence-electron chi connectivity index (χ0n) is 12.1. The van der Waals surface area contributed by atoms with E-state index in [1.807, 2.05) is 0 Å². The molecule has 0 aliphatic carbocycles. The van der Waals surface area contributed by atoms with E-state index >= 15 is 0 Å². The van der Waals surface area contributed by atoms with Crippen LogP contribution in [0.1, 0.15) is 5.56 Å². The van der Waals surface area contributed by atoms with Gasteiger partial charge in [0.25, 0.3) is 0 Å². The maximum atomic E-state index is 13.0. The van der Waals surface area contributed by atoms with Crippen molar-refractivity contribution in [3.8, 4) is 5.75 Å². The zero-order chi connectivity index (χ0) is 19.3. The lowest BCUT2D eigenvalue weighted by Crippen LogP contribution is -2.12. The Morgan fingerprint density at radius 2 is 1.81 bits per heavy atom. The highest BCUT2D eigenvalue weighted by Crippen LogP contribution is 2.37. The van der Waals surface area contributed by atoms with Crippen LogP contribution in [0, 0.1) is 0 Å². The van der Waals surface area contributed by atoms with Crippen LogP contribution in [0.3, 0.4) is 0 Å². The molecule has 2 aromatic heterocycles. The second-order valence-electron chi connectivity index (χ2n) is 4.86. The Hall–Kier alpha value is -1.75. The summed E-state index contributed by atoms with van der Waals surface area (Å²) < 4.78 is 73.0. The smallest absolute Gasteiger partial charge is 0.417 e. The van der Waals surface area contributed by atoms with Gasteiger partial charge in [-0.3, -0.25) is 0 Å². The maximum absolute atomic E-state index is 13.0. The second-order valence-corrected chi connectivity index (χ2v) is 8.66. The van der Waals surface area contributed by atoms with Crippen LogP contribution in [-0.2, 0) is 16.3 Å². The van der Waals surface area contributed by atoms with E-state index in [1.165, 1.54) is 0 Å². The minimum atomic E-state index is -4.79. The average Bonchev–Trinajstić information content (AvgIpc) is 2.84. The summed E-state index contributed by atoms with van der Waals surface area (Å²) in [6.07, 6.45) is -4.79. The summed E-state index contributed by atoms with van der Waals surface area (Å²) in [6.45, 7) is 0. The van der Waals surface area contributed by atoms with E-state index in [0.717, 1.165) is 35.6 Å². The minimum Gasteiger partial charge on any atom is -0.423 e. The molecule has 5 nitrogen and oxygen atoms in total. The van der Waals surface area contributed by atoms with Gasteiger partial charge in [-0.05, 0) is 18.2 Å². The first-order valence-electron chi connectivity index (χ1n) is 6.52. The van der Waals surface area contributed by atoms with E-state index in [0.29, 0.717) is 6.07 Å². The number of hydrogen-bond donors (Lipinski definition) is 0. The van der Waals surface area contributed by atoms with Gasteiger partial charge >= 0.3 is 21.9 Å². The predicted molar refractivity (Wildman–Crippen MR) is 89.6 cm³/mol. The van der Waals surface area contributed by atoms with Crippen molar-refractivity contribution >= 4 is 55.6 Å². The van der Waals surface area contributed by atoms with Crippen LogP contribution in [0.5, 0.6) is 5.75 Å². The van der Waals surface area contributed by atoms with E-state index < -0.39 is 38.5 Å². The number of thiophene rings is 1. The van der Waals surface area contributed by atoms with Crippen molar-refractivity contribution < 1.29 is 30.2 Å². The fourth-order valence-electron chi connectivity index (χ4n) is 2.10. The molecule has 12 heteroatoms. The number of alkyl halides is 3. The molecule has 0 unspecified atom stereocenters. The molecule has 3 aromatic rings. The van der Waals surface area contributed by atoms with Crippen LogP contribution in [0.4, 0.5) is 13.2 Å². The summed E-state index contributed by atoms with van der Waals surface area (Å²) >= 11 is 12.3. The van der Waals surface area contributed by atoms with E-state index in [-0.39, 0.29) is 19.3 Å². The van der Waals surface area contributed by atoms with Crippen molar-refractivity contribution in [1.82, 2.24) is 0 Å². The molecule has 26 heavy (non-hydrogen) atoms. The molecule has 0 aliphatic rings. The van der Waals surface area contributed by atoms with Crippen LogP contribution in [0.25, 0.3) is 11.0 Å². The Balaban J connectivity index is 2.08. The summed E-state index contributed by atoms with van der Waals surface area (Å²) in [5.74, 6) is -0.363. The first-order chi connectivity index (χ1) is 12.0. The molecule has 0 radical (unpaired) electrons. The number of rotatable bonds is 3. The predicted octanol–water partition coefficient (Wildman–Crippen LogP) is 4.95. The molecule has 0 spiro atoms. The van der Waals surface area contributed by atoms with E-state index in [1.54, 1.807) is 0 Å². The van der Waals surface area contributed by atoms with Crippen molar-refractivity contribution in [1.29, 1.82) is 0 Å². The van der Waals surface area contributed by atoms with Crippen molar-refractivity contribution in [3.63, 3.8) is 0 Å². The molecule has 138 valence electrons. The van der Waals surface area contributed by atoms with Gasteiger partial charge in [0.05, 0.1) is 9.90 Å². The van der Waals surface area contributed by atoms with Gasteiger partial charge < -0.3 is 8.60 Å². The number of hydrogen-bond acceptors (Lipinski definition) is 6. The van der Waals surface area contributed by atoms with E-state index in [2.05, 4.69) is 0 Å². The zero-order valence-corrected chi connectivity index (χ0v) is 15.3. The lowest BCUT2D eigenvalue weighted by Gasteiger charge is -2.10. The standard InChI is InChI=1S/C14H5Cl2F3O5S2/c15-11-5-10(13(16)25-11)26(21,22)24-6-1-2-7-8(14(17,18)19)4-12(20)23-9(7)3-6/h1-5H. The Labute approximate surface area is 157 Å². The molecule has 0 bridgehead atoms. The summed E-state index contributed by atoms with van der Waals surface area (Å²) in [5.41, 5.74) is -2.92. The lowest BCUT2D eigenvalue weighted by atomic mass is 10.1. The Morgan fingerprint density at radius 3 is 2.38 bits per heavy atom. The van der Waals surface area contributed by atoms with Gasteiger partial charge in [-0.15, -0.1) is 11.3 Å². The second kappa shape index (κ2) is 6.45. The van der Waals surface area contributed by atoms with Gasteiger partial charge in [0.2, 0.25) is 0 Å². The van der Waals surface area contributed by atoms with Gasteiger partial charge in [-0.25, -0.2) is 4.79 Å². The summed E-state index contributed by atoms with van der Waals surface area (Å²) in [6, 6.07) is 4.19. The number of fused-ring (bicyclic) bond motifs is 1. The maximum Gasteiger partial charge on any atom is 0.417 e. The third-order valence-electron chi connectivity index (χ3n) is 3.12. The largest absolute Gasteiger partial charge is 0.423 e. The van der Waals surface area contributed by atoms with Gasteiger partial charge in [-0.1, -0.05) is 23.2 Å². The molecular weight excluding hydrogens is 440 g/mol. The highest BCUT2D eigenvalue weighted by atomic mass is 35.5. The van der Waals surface area contributed by atoms with Crippen LogP contribution in [-0.4, -0.2) is 8.42 Å². The molecule has 2 heterocycles. The molecule has 0 fully saturated rings. The van der Waals surface area contributed by atoms with Crippen LogP contribution in [0.15, 0.2) is 44.4 Å². The quantitative estimate of drug-likeness (QED) is 0.422. The Bertz CT molecular complexity index is 1170. The molecule has 0 saturated carbocycles. The van der Waals surface area contributed by atoms with Crippen LogP contribution < -0.4 is 9.81 Å². The third kappa shape index (κ3) is 3.68. The SMILES string of the molecule is O=c1cc(C(F)(F)F)c2ccc(OS(=O)(=O)c3cc(Cl)sc3Cl)cc2o1. The minimum absolute atomic E-state index is 0.108. The Morgan fingerprint density at radius 1 is 1.12 bits per heavy atom. The topological polar surface area (TPSA) is 73.6 Å². The van der Waals surface area contributed by atoms with Crippen LogP contribution >= 0.6 is 34.5 Å². The summed E-state index contributed by atoms with van der Waals surface area (Å²) in [4.78, 5) is 11.0. The molecular formula is C14H5Cl2F3O5S2. The van der Waals surface area contributed by atoms with Gasteiger partial charge in [0, 0.05) is 17.5 Å². The summed E-state index contributed by atoms with van der Waals surface area (Å²) in [7, 11) is -4.39. The van der Waals surface area contributed by atoms with Crippen molar-refractivity contribution in [2.24, 2.45) is 0 Å². The summed E-state index contributed by atoms with van der Waals surface area (Å²) in [5, 5.41) is -0.418. The number of benzene rings is 1. The van der Waals surface area contributed by atoms with Crippen molar-refractivity contribution in [3.05, 3.63) is 55.0 Å². The molecule has 0 atom stereocenters. The highest BCUT2D eigenvalue weighted by Gasteiger charge is 2.34. The fraction of sp³-hybridized carbons (Fsp3) is 0.0714. The van der Waals surface area contributed by atoms with Gasteiger partial charge in [0.15, 0.2) is 0 Å². The van der Waals surface area contributed by atoms with E-state index in [4.69, 9.17) is 31.8 Å². The fourth-order valence-corrected chi connectivity index (χ4v) is 5.13. The average molecular weight is 445 g/mol. The van der Waals surface area contributed by atoms with Crippen LogP contribution in [0.2, 0.25) is 8.67 Å². The molecule has 0 amide bonds. The molecule has 0 saturated heterocycles. The van der Waals surface area contributed by atoms with Crippen molar-refractivity contribution in [2.45, 2.75) is 11.1 Å². The highest BCUT2D eigenvalue weighted by molar-refractivity contribution is 7.87. The third-order valence-corrected chi connectivity index (χ3v) is 6.12. The molecule has 1 aromatic carbocycles.